The molecular weight excluding hydrogens is 271 g/mol. The van der Waals surface area contributed by atoms with E-state index in [4.69, 9.17) is 0 Å². The lowest BCUT2D eigenvalue weighted by atomic mass is 9.85. The zero-order valence-electron chi connectivity index (χ0n) is 11.0. The van der Waals surface area contributed by atoms with Gasteiger partial charge < -0.3 is 10.4 Å². The molecule has 0 heterocycles. The van der Waals surface area contributed by atoms with Crippen LogP contribution in [0.4, 0.5) is 13.2 Å². The minimum absolute atomic E-state index is 0.0990. The van der Waals surface area contributed by atoms with Crippen LogP contribution in [-0.4, -0.2) is 23.7 Å². The molecule has 1 aliphatic rings. The zero-order chi connectivity index (χ0) is 14.9. The van der Waals surface area contributed by atoms with E-state index >= 15 is 0 Å². The van der Waals surface area contributed by atoms with Crippen LogP contribution in [0.1, 0.15) is 36.5 Å². The quantitative estimate of drug-likeness (QED) is 0.839. The topological polar surface area (TPSA) is 49.3 Å². The second-order valence-corrected chi connectivity index (χ2v) is 5.45. The molecule has 0 aromatic heterocycles. The molecule has 2 rings (SSSR count). The van der Waals surface area contributed by atoms with Gasteiger partial charge in [-0.1, -0.05) is 13.3 Å². The minimum Gasteiger partial charge on any atom is -0.396 e. The lowest BCUT2D eigenvalue weighted by Crippen LogP contribution is -2.45. The molecule has 2 unspecified atom stereocenters. The molecule has 1 amide bonds. The molecule has 0 bridgehead atoms. The average molecular weight is 287 g/mol. The molecule has 110 valence electrons. The average Bonchev–Trinajstić information content (AvgIpc) is 2.78. The lowest BCUT2D eigenvalue weighted by molar-refractivity contribution is 0.0826. The Morgan fingerprint density at radius 2 is 2.10 bits per heavy atom. The zero-order valence-corrected chi connectivity index (χ0v) is 11.0. The molecule has 6 heteroatoms. The Hall–Kier alpha value is -1.56. The number of hydrogen-bond donors (Lipinski definition) is 2. The van der Waals surface area contributed by atoms with Crippen molar-refractivity contribution >= 4 is 5.91 Å². The summed E-state index contributed by atoms with van der Waals surface area (Å²) in [6.07, 6.45) is 2.24. The normalized spacial score (nSPS) is 25.8. The Bertz CT molecular complexity index is 535. The standard InChI is InChI=1S/C14H16F3NO2/c1-14(7-19)6-2-3-10(14)18-13(20)8-4-5-9(15)12(17)11(8)16/h4-5,10,19H,2-3,6-7H2,1H3,(H,18,20). The fraction of sp³-hybridized carbons (Fsp3) is 0.500. The molecule has 0 radical (unpaired) electrons. The van der Waals surface area contributed by atoms with Crippen molar-refractivity contribution in [2.45, 2.75) is 32.2 Å². The monoisotopic (exact) mass is 287 g/mol. The van der Waals surface area contributed by atoms with Gasteiger partial charge in [-0.3, -0.25) is 4.79 Å². The third kappa shape index (κ3) is 2.52. The first-order valence-electron chi connectivity index (χ1n) is 6.44. The fourth-order valence-electron chi connectivity index (χ4n) is 2.61. The molecule has 3 nitrogen and oxygen atoms in total. The SMILES string of the molecule is CC1(CO)CCCC1NC(=O)c1ccc(F)c(F)c1F. The molecule has 1 aliphatic carbocycles. The largest absolute Gasteiger partial charge is 0.396 e. The van der Waals surface area contributed by atoms with Crippen molar-refractivity contribution in [3.8, 4) is 0 Å². The summed E-state index contributed by atoms with van der Waals surface area (Å²) in [5.74, 6) is -5.28. The van der Waals surface area contributed by atoms with Gasteiger partial charge >= 0.3 is 0 Å². The highest BCUT2D eigenvalue weighted by molar-refractivity contribution is 5.94. The predicted molar refractivity (Wildman–Crippen MR) is 66.6 cm³/mol. The third-order valence-electron chi connectivity index (χ3n) is 4.03. The van der Waals surface area contributed by atoms with Crippen molar-refractivity contribution in [1.82, 2.24) is 5.32 Å². The molecule has 1 aromatic carbocycles. The second kappa shape index (κ2) is 5.44. The number of aliphatic hydroxyl groups excluding tert-OH is 1. The summed E-state index contributed by atoms with van der Waals surface area (Å²) < 4.78 is 39.5. The van der Waals surface area contributed by atoms with Crippen LogP contribution >= 0.6 is 0 Å². The second-order valence-electron chi connectivity index (χ2n) is 5.45. The van der Waals surface area contributed by atoms with Crippen LogP contribution < -0.4 is 5.32 Å². The number of nitrogens with one attached hydrogen (secondary N) is 1. The number of hydrogen-bond acceptors (Lipinski definition) is 2. The minimum atomic E-state index is -1.66. The Morgan fingerprint density at radius 3 is 2.75 bits per heavy atom. The number of benzene rings is 1. The predicted octanol–water partition coefficient (Wildman–Crippen LogP) is 2.38. The highest BCUT2D eigenvalue weighted by atomic mass is 19.2. The van der Waals surface area contributed by atoms with Gasteiger partial charge in [0.05, 0.1) is 12.2 Å². The number of carbonyl (C=O) groups excluding carboxylic acids is 1. The van der Waals surface area contributed by atoms with Crippen molar-refractivity contribution < 1.29 is 23.1 Å². The number of aliphatic hydroxyl groups is 1. The summed E-state index contributed by atoms with van der Waals surface area (Å²) in [5.41, 5.74) is -0.999. The lowest BCUT2D eigenvalue weighted by Gasteiger charge is -2.30. The molecule has 2 N–H and O–H groups in total. The van der Waals surface area contributed by atoms with Crippen LogP contribution in [0.3, 0.4) is 0 Å². The van der Waals surface area contributed by atoms with Crippen LogP contribution in [0.5, 0.6) is 0 Å². The fourth-order valence-corrected chi connectivity index (χ4v) is 2.61. The molecule has 2 atom stereocenters. The summed E-state index contributed by atoms with van der Waals surface area (Å²) in [7, 11) is 0. The van der Waals surface area contributed by atoms with E-state index in [1.54, 1.807) is 0 Å². The highest BCUT2D eigenvalue weighted by Crippen LogP contribution is 2.37. The number of rotatable bonds is 3. The van der Waals surface area contributed by atoms with Crippen LogP contribution in [0.15, 0.2) is 12.1 Å². The van der Waals surface area contributed by atoms with Crippen LogP contribution in [-0.2, 0) is 0 Å². The molecule has 0 saturated heterocycles. The number of carbonyl (C=O) groups is 1. The molecular formula is C14H16F3NO2. The maximum atomic E-state index is 13.5. The maximum Gasteiger partial charge on any atom is 0.254 e. The first-order chi connectivity index (χ1) is 9.39. The smallest absolute Gasteiger partial charge is 0.254 e. The van der Waals surface area contributed by atoms with E-state index in [1.165, 1.54) is 0 Å². The van der Waals surface area contributed by atoms with E-state index in [-0.39, 0.29) is 12.6 Å². The van der Waals surface area contributed by atoms with Gasteiger partial charge in [-0.2, -0.15) is 0 Å². The molecule has 0 aliphatic heterocycles. The van der Waals surface area contributed by atoms with E-state index in [0.29, 0.717) is 12.5 Å². The third-order valence-corrected chi connectivity index (χ3v) is 4.03. The Balaban J connectivity index is 2.19. The first-order valence-corrected chi connectivity index (χ1v) is 6.44. The van der Waals surface area contributed by atoms with Gasteiger partial charge in [0.15, 0.2) is 17.5 Å². The summed E-state index contributed by atoms with van der Waals surface area (Å²) >= 11 is 0. The summed E-state index contributed by atoms with van der Waals surface area (Å²) in [6.45, 7) is 1.73. The van der Waals surface area contributed by atoms with Crippen molar-refractivity contribution in [1.29, 1.82) is 0 Å². The molecule has 0 spiro atoms. The molecule has 1 aromatic rings. The Morgan fingerprint density at radius 1 is 1.40 bits per heavy atom. The van der Waals surface area contributed by atoms with Crippen molar-refractivity contribution in [2.75, 3.05) is 6.61 Å². The van der Waals surface area contributed by atoms with E-state index in [2.05, 4.69) is 5.32 Å². The van der Waals surface area contributed by atoms with Gasteiger partial charge in [0, 0.05) is 11.5 Å². The van der Waals surface area contributed by atoms with Gasteiger partial charge in [-0.05, 0) is 25.0 Å². The summed E-state index contributed by atoms with van der Waals surface area (Å²) in [6, 6.07) is 1.31. The van der Waals surface area contributed by atoms with Gasteiger partial charge in [-0.15, -0.1) is 0 Å². The Labute approximate surface area is 114 Å². The maximum absolute atomic E-state index is 13.5. The van der Waals surface area contributed by atoms with Crippen molar-refractivity contribution in [3.05, 3.63) is 35.1 Å². The van der Waals surface area contributed by atoms with Crippen LogP contribution in [0.2, 0.25) is 0 Å². The molecule has 1 fully saturated rings. The van der Waals surface area contributed by atoms with Gasteiger partial charge in [0.2, 0.25) is 0 Å². The van der Waals surface area contributed by atoms with Crippen LogP contribution in [0, 0.1) is 22.9 Å². The van der Waals surface area contributed by atoms with Gasteiger partial charge in [0.25, 0.3) is 5.91 Å². The van der Waals surface area contributed by atoms with Gasteiger partial charge in [0.1, 0.15) is 0 Å². The van der Waals surface area contributed by atoms with E-state index in [9.17, 15) is 23.1 Å². The molecule has 20 heavy (non-hydrogen) atoms. The van der Waals surface area contributed by atoms with Crippen LogP contribution in [0.25, 0.3) is 0 Å². The Kier molecular flexibility index (Phi) is 4.04. The van der Waals surface area contributed by atoms with Crippen molar-refractivity contribution in [2.24, 2.45) is 5.41 Å². The van der Waals surface area contributed by atoms with Crippen molar-refractivity contribution in [3.63, 3.8) is 0 Å². The summed E-state index contributed by atoms with van der Waals surface area (Å²) in [4.78, 5) is 12.0. The van der Waals surface area contributed by atoms with Gasteiger partial charge in [-0.25, -0.2) is 13.2 Å². The first kappa shape index (κ1) is 14.8. The van der Waals surface area contributed by atoms with E-state index < -0.39 is 34.3 Å². The number of halogens is 3. The van der Waals surface area contributed by atoms with E-state index in [0.717, 1.165) is 18.9 Å². The molecule has 1 saturated carbocycles. The van der Waals surface area contributed by atoms with E-state index in [1.807, 2.05) is 6.92 Å². The highest BCUT2D eigenvalue weighted by Gasteiger charge is 2.39. The number of amides is 1. The summed E-state index contributed by atoms with van der Waals surface area (Å²) in [5, 5.41) is 12.0.